The lowest BCUT2D eigenvalue weighted by molar-refractivity contribution is -0.384. The fraction of sp³-hybridized carbons (Fsp3) is 0.409. The van der Waals surface area contributed by atoms with Crippen molar-refractivity contribution >= 4 is 33.2 Å². The number of piperazine rings is 1. The number of nitro groups is 1. The van der Waals surface area contributed by atoms with Gasteiger partial charge in [-0.25, -0.2) is 0 Å². The van der Waals surface area contributed by atoms with E-state index in [-0.39, 0.29) is 11.1 Å². The van der Waals surface area contributed by atoms with Crippen LogP contribution in [0.5, 0.6) is 11.5 Å². The van der Waals surface area contributed by atoms with Gasteiger partial charge >= 0.3 is 0 Å². The molecule has 4 rings (SSSR count). The fourth-order valence-corrected chi connectivity index (χ4v) is 4.32. The zero-order valence-corrected chi connectivity index (χ0v) is 18.2. The molecule has 2 heterocycles. The second-order valence-electron chi connectivity index (χ2n) is 7.70. The summed E-state index contributed by atoms with van der Waals surface area (Å²) in [4.78, 5) is 29.2. The van der Waals surface area contributed by atoms with E-state index < -0.39 is 4.92 Å². The van der Waals surface area contributed by atoms with Crippen LogP contribution in [0, 0.1) is 10.1 Å². The van der Waals surface area contributed by atoms with Crippen LogP contribution >= 0.6 is 0 Å². The lowest BCUT2D eigenvalue weighted by Gasteiger charge is -2.33. The maximum absolute atomic E-state index is 13.5. The Morgan fingerprint density at radius 3 is 2.32 bits per heavy atom. The number of hydrogen-bond donors (Lipinski definition) is 0. The number of hydrogen-bond acceptors (Lipinski definition) is 7. The summed E-state index contributed by atoms with van der Waals surface area (Å²) in [6.45, 7) is 5.57. The summed E-state index contributed by atoms with van der Waals surface area (Å²) < 4.78 is 12.9. The van der Waals surface area contributed by atoms with Gasteiger partial charge < -0.3 is 23.8 Å². The van der Waals surface area contributed by atoms with Crippen LogP contribution in [-0.2, 0) is 6.54 Å². The van der Waals surface area contributed by atoms with Crippen molar-refractivity contribution in [2.45, 2.75) is 13.5 Å². The Hall–Kier alpha value is -3.33. The first-order valence-electron chi connectivity index (χ1n) is 10.2. The van der Waals surface area contributed by atoms with Gasteiger partial charge in [0, 0.05) is 50.9 Å². The molecule has 0 saturated carbocycles. The van der Waals surface area contributed by atoms with Gasteiger partial charge in [0.2, 0.25) is 5.43 Å². The van der Waals surface area contributed by atoms with Crippen LogP contribution in [0.25, 0.3) is 21.8 Å². The maximum atomic E-state index is 13.5. The number of fused-ring (bicyclic) bond motifs is 2. The van der Waals surface area contributed by atoms with E-state index in [9.17, 15) is 14.9 Å². The molecule has 1 saturated heterocycles. The number of nitro benzene ring substituents is 1. The number of ether oxygens (including phenoxy) is 2. The molecule has 0 aliphatic carbocycles. The number of aryl methyl sites for hydroxylation is 1. The van der Waals surface area contributed by atoms with Crippen molar-refractivity contribution in [3.8, 4) is 11.5 Å². The van der Waals surface area contributed by atoms with Crippen molar-refractivity contribution in [3.05, 3.63) is 44.6 Å². The second kappa shape index (κ2) is 8.07. The van der Waals surface area contributed by atoms with E-state index in [1.165, 1.54) is 13.2 Å². The third-order valence-corrected chi connectivity index (χ3v) is 6.01. The predicted molar refractivity (Wildman–Crippen MR) is 121 cm³/mol. The van der Waals surface area contributed by atoms with Gasteiger partial charge in [-0.15, -0.1) is 0 Å². The Kier molecular flexibility index (Phi) is 5.45. The number of nitrogens with zero attached hydrogens (tertiary/aromatic N) is 4. The van der Waals surface area contributed by atoms with Gasteiger partial charge in [0.25, 0.3) is 5.69 Å². The molecule has 1 aromatic heterocycles. The molecule has 2 aromatic carbocycles. The van der Waals surface area contributed by atoms with Crippen LogP contribution in [0.4, 0.5) is 11.4 Å². The van der Waals surface area contributed by atoms with E-state index >= 15 is 0 Å². The average molecular weight is 426 g/mol. The Morgan fingerprint density at radius 2 is 1.74 bits per heavy atom. The van der Waals surface area contributed by atoms with Crippen molar-refractivity contribution in [2.24, 2.45) is 0 Å². The fourth-order valence-electron chi connectivity index (χ4n) is 4.32. The van der Waals surface area contributed by atoms with Crippen LogP contribution in [-0.4, -0.2) is 61.8 Å². The van der Waals surface area contributed by atoms with Crippen molar-refractivity contribution in [3.63, 3.8) is 0 Å². The van der Waals surface area contributed by atoms with Gasteiger partial charge in [-0.1, -0.05) is 0 Å². The molecule has 0 N–H and O–H groups in total. The average Bonchev–Trinajstić information content (AvgIpc) is 2.78. The standard InChI is InChI=1S/C22H26N4O5/c1-5-25-16-13-17(24-8-6-23(2)7-9-24)18(26(28)29)12-15(16)22(27)21-19(25)10-14(30-3)11-20(21)31-4/h10-13H,5-9H2,1-4H3. The molecular weight excluding hydrogens is 400 g/mol. The zero-order valence-electron chi connectivity index (χ0n) is 18.2. The van der Waals surface area contributed by atoms with E-state index in [0.717, 1.165) is 13.1 Å². The molecule has 0 unspecified atom stereocenters. The first kappa shape index (κ1) is 20.9. The SMILES string of the molecule is CCn1c2cc(N3CCN(C)CC3)c([N+](=O)[O-])cc2c(=O)c2c(OC)cc(OC)cc21. The highest BCUT2D eigenvalue weighted by molar-refractivity contribution is 6.00. The van der Waals surface area contributed by atoms with Crippen LogP contribution < -0.4 is 19.8 Å². The number of likely N-dealkylation sites (N-methyl/N-ethyl adjacent to an activating group) is 1. The highest BCUT2D eigenvalue weighted by atomic mass is 16.6. The van der Waals surface area contributed by atoms with Gasteiger partial charge in [-0.3, -0.25) is 14.9 Å². The highest BCUT2D eigenvalue weighted by Crippen LogP contribution is 2.36. The molecular formula is C22H26N4O5. The Balaban J connectivity index is 2.09. The molecule has 1 aliphatic heterocycles. The minimum atomic E-state index is -0.404. The number of pyridine rings is 1. The first-order chi connectivity index (χ1) is 14.9. The predicted octanol–water partition coefficient (Wildman–Crippen LogP) is 2.85. The van der Waals surface area contributed by atoms with E-state index in [4.69, 9.17) is 9.47 Å². The van der Waals surface area contributed by atoms with Gasteiger partial charge in [0.05, 0.1) is 40.9 Å². The van der Waals surface area contributed by atoms with E-state index in [0.29, 0.717) is 58.6 Å². The number of aromatic nitrogens is 1. The molecule has 0 spiro atoms. The van der Waals surface area contributed by atoms with Gasteiger partial charge in [-0.05, 0) is 20.0 Å². The number of rotatable bonds is 5. The van der Waals surface area contributed by atoms with Crippen molar-refractivity contribution in [2.75, 3.05) is 52.3 Å². The number of benzene rings is 2. The summed E-state index contributed by atoms with van der Waals surface area (Å²) in [6, 6.07) is 6.66. The summed E-state index contributed by atoms with van der Waals surface area (Å²) in [5.74, 6) is 0.959. The van der Waals surface area contributed by atoms with Crippen LogP contribution in [0.15, 0.2) is 29.1 Å². The molecule has 9 heteroatoms. The summed E-state index contributed by atoms with van der Waals surface area (Å²) in [5.41, 5.74) is 1.54. The minimum absolute atomic E-state index is 0.0522. The largest absolute Gasteiger partial charge is 0.497 e. The van der Waals surface area contributed by atoms with Crippen molar-refractivity contribution in [1.82, 2.24) is 9.47 Å². The topological polar surface area (TPSA) is 90.1 Å². The molecule has 1 aliphatic rings. The molecule has 1 fully saturated rings. The molecule has 3 aromatic rings. The summed E-state index contributed by atoms with van der Waals surface area (Å²) in [5, 5.41) is 12.6. The van der Waals surface area contributed by atoms with Gasteiger partial charge in [0.1, 0.15) is 17.2 Å². The Morgan fingerprint density at radius 1 is 1.03 bits per heavy atom. The molecule has 0 atom stereocenters. The molecule has 164 valence electrons. The van der Waals surface area contributed by atoms with Crippen molar-refractivity contribution in [1.29, 1.82) is 0 Å². The summed E-state index contributed by atoms with van der Waals surface area (Å²) >= 11 is 0. The zero-order chi connectivity index (χ0) is 22.3. The quantitative estimate of drug-likeness (QED) is 0.352. The van der Waals surface area contributed by atoms with E-state index in [2.05, 4.69) is 4.90 Å². The van der Waals surface area contributed by atoms with Crippen LogP contribution in [0.1, 0.15) is 6.92 Å². The highest BCUT2D eigenvalue weighted by Gasteiger charge is 2.26. The van der Waals surface area contributed by atoms with E-state index in [1.54, 1.807) is 25.3 Å². The van der Waals surface area contributed by atoms with Crippen LogP contribution in [0.2, 0.25) is 0 Å². The molecule has 9 nitrogen and oxygen atoms in total. The molecule has 0 bridgehead atoms. The van der Waals surface area contributed by atoms with E-state index in [1.807, 2.05) is 23.4 Å². The monoisotopic (exact) mass is 426 g/mol. The lowest BCUT2D eigenvalue weighted by atomic mass is 10.1. The summed E-state index contributed by atoms with van der Waals surface area (Å²) in [6.07, 6.45) is 0. The third-order valence-electron chi connectivity index (χ3n) is 6.01. The second-order valence-corrected chi connectivity index (χ2v) is 7.70. The number of methoxy groups -OCH3 is 2. The minimum Gasteiger partial charge on any atom is -0.497 e. The third kappa shape index (κ3) is 3.44. The Bertz CT molecular complexity index is 1230. The smallest absolute Gasteiger partial charge is 0.293 e. The lowest BCUT2D eigenvalue weighted by Crippen LogP contribution is -2.44. The van der Waals surface area contributed by atoms with Crippen LogP contribution in [0.3, 0.4) is 0 Å². The molecule has 0 amide bonds. The first-order valence-corrected chi connectivity index (χ1v) is 10.2. The number of anilines is 1. The van der Waals surface area contributed by atoms with Crippen molar-refractivity contribution < 1.29 is 14.4 Å². The normalized spacial score (nSPS) is 14.9. The Labute approximate surface area is 179 Å². The molecule has 0 radical (unpaired) electrons. The van der Waals surface area contributed by atoms with Gasteiger partial charge in [0.15, 0.2) is 0 Å². The summed E-state index contributed by atoms with van der Waals surface area (Å²) in [7, 11) is 5.09. The van der Waals surface area contributed by atoms with Gasteiger partial charge in [-0.2, -0.15) is 0 Å². The molecule has 31 heavy (non-hydrogen) atoms. The maximum Gasteiger partial charge on any atom is 0.293 e.